The van der Waals surface area contributed by atoms with Gasteiger partial charge in [0.15, 0.2) is 0 Å². The normalized spacial score (nSPS) is 14.0. The van der Waals surface area contributed by atoms with Crippen molar-refractivity contribution in [1.29, 1.82) is 0 Å². The average molecular weight is 393 g/mol. The van der Waals surface area contributed by atoms with Gasteiger partial charge in [-0.05, 0) is 42.0 Å². The maximum atomic E-state index is 12.2. The van der Waals surface area contributed by atoms with Gasteiger partial charge in [0.25, 0.3) is 5.91 Å². The second-order valence-corrected chi connectivity index (χ2v) is 5.86. The van der Waals surface area contributed by atoms with E-state index in [0.717, 1.165) is 17.0 Å². The number of hydrogen-bond acceptors (Lipinski definition) is 4. The molecule has 0 unspecified atom stereocenters. The molecular weight excluding hydrogens is 379 g/mol. The Bertz CT molecular complexity index is 880. The zero-order valence-electron chi connectivity index (χ0n) is 14.2. The van der Waals surface area contributed by atoms with Crippen molar-refractivity contribution in [2.24, 2.45) is 0 Å². The van der Waals surface area contributed by atoms with Gasteiger partial charge in [0.2, 0.25) is 5.91 Å². The van der Waals surface area contributed by atoms with E-state index in [0.29, 0.717) is 16.8 Å². The molecule has 0 bridgehead atoms. The van der Waals surface area contributed by atoms with Crippen LogP contribution in [0.4, 0.5) is 23.7 Å². The van der Waals surface area contributed by atoms with Crippen LogP contribution in [0.15, 0.2) is 48.5 Å². The van der Waals surface area contributed by atoms with Gasteiger partial charge in [-0.2, -0.15) is 0 Å². The Kier molecular flexibility index (Phi) is 5.21. The number of nitrogens with zero attached hydrogens (tertiary/aromatic N) is 1. The number of nitrogens with one attached hydrogen (secondary N) is 2. The summed E-state index contributed by atoms with van der Waals surface area (Å²) in [7, 11) is 0. The predicted molar refractivity (Wildman–Crippen MR) is 91.5 cm³/mol. The minimum atomic E-state index is -4.78. The van der Waals surface area contributed by atoms with Crippen LogP contribution in [0.5, 0.6) is 5.75 Å². The lowest BCUT2D eigenvalue weighted by Crippen LogP contribution is -2.30. The monoisotopic (exact) mass is 393 g/mol. The third-order valence-electron chi connectivity index (χ3n) is 3.84. The third-order valence-corrected chi connectivity index (χ3v) is 3.84. The van der Waals surface area contributed by atoms with Crippen molar-refractivity contribution in [3.63, 3.8) is 0 Å². The molecule has 1 heterocycles. The lowest BCUT2D eigenvalue weighted by molar-refractivity contribution is -0.274. The molecule has 2 aromatic carbocycles. The van der Waals surface area contributed by atoms with E-state index in [4.69, 9.17) is 0 Å². The van der Waals surface area contributed by atoms with Crippen molar-refractivity contribution in [3.8, 4) is 5.75 Å². The van der Waals surface area contributed by atoms with Crippen molar-refractivity contribution in [3.05, 3.63) is 59.7 Å². The van der Waals surface area contributed by atoms with Crippen molar-refractivity contribution < 1.29 is 32.3 Å². The van der Waals surface area contributed by atoms with E-state index in [2.05, 4.69) is 15.4 Å². The van der Waals surface area contributed by atoms with Gasteiger partial charge in [0, 0.05) is 11.3 Å². The lowest BCUT2D eigenvalue weighted by Gasteiger charge is -2.13. The van der Waals surface area contributed by atoms with Crippen LogP contribution >= 0.6 is 0 Å². The summed E-state index contributed by atoms with van der Waals surface area (Å²) in [5.41, 5.74) is 1.26. The first kappa shape index (κ1) is 19.2. The Morgan fingerprint density at radius 1 is 1.07 bits per heavy atom. The second kappa shape index (κ2) is 7.59. The molecule has 4 amide bonds. The number of anilines is 1. The minimum Gasteiger partial charge on any atom is -0.406 e. The topological polar surface area (TPSA) is 87.7 Å². The number of hydrogen-bond donors (Lipinski definition) is 2. The standard InChI is InChI=1S/C18H14F3N3O4/c19-18(20,21)28-14-7-5-13(6-8-14)23-16(26)12-3-1-11(2-4-12)10-24-15(25)9-22-17(24)27/h1-8H,9-10H2,(H,22,27)(H,23,26). The van der Waals surface area contributed by atoms with Crippen LogP contribution in [-0.2, 0) is 11.3 Å². The number of carbonyl (C=O) groups is 3. The highest BCUT2D eigenvalue weighted by Crippen LogP contribution is 2.24. The van der Waals surface area contributed by atoms with Gasteiger partial charge < -0.3 is 15.4 Å². The van der Waals surface area contributed by atoms with E-state index in [1.165, 1.54) is 24.3 Å². The molecule has 7 nitrogen and oxygen atoms in total. The molecule has 28 heavy (non-hydrogen) atoms. The second-order valence-electron chi connectivity index (χ2n) is 5.86. The first-order chi connectivity index (χ1) is 13.2. The molecule has 2 aromatic rings. The molecule has 0 aromatic heterocycles. The smallest absolute Gasteiger partial charge is 0.406 e. The minimum absolute atomic E-state index is 0.0356. The molecule has 1 saturated heterocycles. The van der Waals surface area contributed by atoms with E-state index < -0.39 is 24.1 Å². The molecule has 1 fully saturated rings. The summed E-state index contributed by atoms with van der Waals surface area (Å²) in [6.07, 6.45) is -4.78. The fourth-order valence-electron chi connectivity index (χ4n) is 2.50. The van der Waals surface area contributed by atoms with Crippen LogP contribution in [0.25, 0.3) is 0 Å². The maximum Gasteiger partial charge on any atom is 0.573 e. The summed E-state index contributed by atoms with van der Waals surface area (Å²) < 4.78 is 40.2. The van der Waals surface area contributed by atoms with Gasteiger partial charge in [0.05, 0.1) is 13.1 Å². The number of benzene rings is 2. The molecule has 146 valence electrons. The number of urea groups is 1. The number of rotatable bonds is 5. The van der Waals surface area contributed by atoms with Gasteiger partial charge in [0.1, 0.15) is 5.75 Å². The number of halogens is 3. The maximum absolute atomic E-state index is 12.2. The van der Waals surface area contributed by atoms with Gasteiger partial charge in [-0.15, -0.1) is 13.2 Å². The summed E-state index contributed by atoms with van der Waals surface area (Å²) in [6, 6.07) is 10.5. The molecule has 10 heteroatoms. The largest absolute Gasteiger partial charge is 0.573 e. The molecule has 0 atom stereocenters. The van der Waals surface area contributed by atoms with Gasteiger partial charge in [-0.25, -0.2) is 4.79 Å². The van der Waals surface area contributed by atoms with Crippen molar-refractivity contribution in [2.75, 3.05) is 11.9 Å². The Hall–Kier alpha value is -3.56. The quantitative estimate of drug-likeness (QED) is 0.765. The SMILES string of the molecule is O=C(Nc1ccc(OC(F)(F)F)cc1)c1ccc(CN2C(=O)CNC2=O)cc1. The van der Waals surface area contributed by atoms with E-state index in [1.54, 1.807) is 12.1 Å². The highest BCUT2D eigenvalue weighted by molar-refractivity contribution is 6.04. The van der Waals surface area contributed by atoms with Crippen molar-refractivity contribution in [1.82, 2.24) is 10.2 Å². The van der Waals surface area contributed by atoms with Crippen molar-refractivity contribution in [2.45, 2.75) is 12.9 Å². The van der Waals surface area contributed by atoms with E-state index in [9.17, 15) is 27.6 Å². The number of imide groups is 1. The molecule has 1 aliphatic rings. The molecule has 0 aliphatic carbocycles. The Morgan fingerprint density at radius 2 is 1.71 bits per heavy atom. The fourth-order valence-corrected chi connectivity index (χ4v) is 2.50. The van der Waals surface area contributed by atoms with Crippen LogP contribution in [0.3, 0.4) is 0 Å². The van der Waals surface area contributed by atoms with Crippen LogP contribution < -0.4 is 15.4 Å². The molecule has 0 spiro atoms. The van der Waals surface area contributed by atoms with Crippen LogP contribution in [0, 0.1) is 0 Å². The van der Waals surface area contributed by atoms with Crippen LogP contribution in [0.1, 0.15) is 15.9 Å². The van der Waals surface area contributed by atoms with E-state index >= 15 is 0 Å². The molecular formula is C18H14F3N3O4. The highest BCUT2D eigenvalue weighted by atomic mass is 19.4. The van der Waals surface area contributed by atoms with Gasteiger partial charge in [-0.3, -0.25) is 14.5 Å². The van der Waals surface area contributed by atoms with Crippen LogP contribution in [0.2, 0.25) is 0 Å². The summed E-state index contributed by atoms with van der Waals surface area (Å²) in [5.74, 6) is -1.19. The number of amides is 4. The zero-order chi connectivity index (χ0) is 20.3. The summed E-state index contributed by atoms with van der Waals surface area (Å²) in [5, 5.41) is 4.97. The van der Waals surface area contributed by atoms with Gasteiger partial charge >= 0.3 is 12.4 Å². The summed E-state index contributed by atoms with van der Waals surface area (Å²) in [6.45, 7) is 0.0549. The Labute approximate surface area is 157 Å². The zero-order valence-corrected chi connectivity index (χ0v) is 14.2. The molecule has 1 aliphatic heterocycles. The fraction of sp³-hybridized carbons (Fsp3) is 0.167. The first-order valence-electron chi connectivity index (χ1n) is 8.05. The van der Waals surface area contributed by atoms with Crippen molar-refractivity contribution >= 4 is 23.5 Å². The van der Waals surface area contributed by atoms with Crippen LogP contribution in [-0.4, -0.2) is 35.7 Å². The number of ether oxygens (including phenoxy) is 1. The van der Waals surface area contributed by atoms with E-state index in [1.807, 2.05) is 0 Å². The molecule has 0 radical (unpaired) electrons. The average Bonchev–Trinajstić information content (AvgIpc) is 2.95. The van der Waals surface area contributed by atoms with E-state index in [-0.39, 0.29) is 19.0 Å². The molecule has 3 rings (SSSR count). The first-order valence-corrected chi connectivity index (χ1v) is 8.05. The summed E-state index contributed by atoms with van der Waals surface area (Å²) >= 11 is 0. The highest BCUT2D eigenvalue weighted by Gasteiger charge is 2.31. The Balaban J connectivity index is 1.60. The van der Waals surface area contributed by atoms with Gasteiger partial charge in [-0.1, -0.05) is 12.1 Å². The summed E-state index contributed by atoms with van der Waals surface area (Å²) in [4.78, 5) is 36.4. The molecule has 2 N–H and O–H groups in total. The number of carbonyl (C=O) groups excluding carboxylic acids is 3. The molecule has 0 saturated carbocycles. The predicted octanol–water partition coefficient (Wildman–Crippen LogP) is 2.89. The number of alkyl halides is 3. The third kappa shape index (κ3) is 4.78. The Morgan fingerprint density at radius 3 is 2.25 bits per heavy atom. The lowest BCUT2D eigenvalue weighted by atomic mass is 10.1.